The van der Waals surface area contributed by atoms with Crippen LogP contribution in [0.3, 0.4) is 0 Å². The van der Waals surface area contributed by atoms with Crippen LogP contribution in [-0.2, 0) is 6.54 Å². The van der Waals surface area contributed by atoms with Crippen molar-refractivity contribution < 1.29 is 4.52 Å². The van der Waals surface area contributed by atoms with E-state index in [1.54, 1.807) is 6.07 Å². The molecule has 21 heavy (non-hydrogen) atoms. The molecule has 0 atom stereocenters. The number of nitriles is 1. The molecule has 0 aliphatic rings. The molecular weight excluding hydrogens is 264 g/mol. The molecule has 0 aliphatic carbocycles. The Morgan fingerprint density at radius 2 is 2.14 bits per heavy atom. The topological polar surface area (TPSA) is 67.6 Å². The zero-order chi connectivity index (χ0) is 15.0. The highest BCUT2D eigenvalue weighted by Crippen LogP contribution is 2.27. The summed E-state index contributed by atoms with van der Waals surface area (Å²) in [5.74, 6) is 1.89. The highest BCUT2D eigenvalue weighted by atomic mass is 16.5. The highest BCUT2D eigenvalue weighted by molar-refractivity contribution is 5.81. The van der Waals surface area contributed by atoms with E-state index in [2.05, 4.69) is 34.6 Å². The first-order chi connectivity index (χ1) is 10.1. The molecule has 3 aromatic rings. The Labute approximate surface area is 122 Å². The van der Waals surface area contributed by atoms with E-state index in [0.717, 1.165) is 29.1 Å². The molecule has 2 aromatic heterocycles. The molecule has 2 heterocycles. The third kappa shape index (κ3) is 2.40. The Bertz CT molecular complexity index is 836. The molecule has 0 saturated heterocycles. The summed E-state index contributed by atoms with van der Waals surface area (Å²) in [4.78, 5) is 4.64. The summed E-state index contributed by atoms with van der Waals surface area (Å²) < 4.78 is 7.49. The van der Waals surface area contributed by atoms with E-state index in [-0.39, 0.29) is 0 Å². The van der Waals surface area contributed by atoms with Gasteiger partial charge in [-0.25, -0.2) is 4.98 Å². The molecule has 1 aromatic carbocycles. The molecule has 0 amide bonds. The number of benzene rings is 1. The summed E-state index contributed by atoms with van der Waals surface area (Å²) in [5.41, 5.74) is 3.24. The summed E-state index contributed by atoms with van der Waals surface area (Å²) in [6.45, 7) is 7.03. The summed E-state index contributed by atoms with van der Waals surface area (Å²) in [5, 5.41) is 13.0. The number of rotatable bonds is 3. The van der Waals surface area contributed by atoms with Crippen LogP contribution in [0, 0.1) is 24.2 Å². The van der Waals surface area contributed by atoms with Crippen LogP contribution in [0.5, 0.6) is 0 Å². The maximum Gasteiger partial charge on any atom is 0.202 e. The first-order valence-corrected chi connectivity index (χ1v) is 6.92. The second-order valence-electron chi connectivity index (χ2n) is 5.59. The maximum absolute atomic E-state index is 9.03. The van der Waals surface area contributed by atoms with Crippen LogP contribution in [0.1, 0.15) is 25.1 Å². The lowest BCUT2D eigenvalue weighted by molar-refractivity contribution is 0.420. The van der Waals surface area contributed by atoms with Gasteiger partial charge in [0.1, 0.15) is 0 Å². The largest absolute Gasteiger partial charge is 0.353 e. The fraction of sp³-hybridized carbons (Fsp3) is 0.312. The van der Waals surface area contributed by atoms with Gasteiger partial charge in [-0.05, 0) is 31.0 Å². The van der Waals surface area contributed by atoms with Crippen LogP contribution in [-0.4, -0.2) is 14.7 Å². The summed E-state index contributed by atoms with van der Waals surface area (Å²) in [7, 11) is 0. The van der Waals surface area contributed by atoms with Crippen LogP contribution in [0.4, 0.5) is 0 Å². The van der Waals surface area contributed by atoms with Gasteiger partial charge >= 0.3 is 0 Å². The van der Waals surface area contributed by atoms with E-state index in [1.807, 2.05) is 25.1 Å². The number of fused-ring (bicyclic) bond motifs is 1. The SMILES string of the molecule is Cc1cc(-c2nc3cc(C#N)ccc3n2CC(C)C)on1. The first-order valence-electron chi connectivity index (χ1n) is 6.92. The Kier molecular flexibility index (Phi) is 3.22. The molecule has 0 spiro atoms. The Hall–Kier alpha value is -2.61. The first kappa shape index (κ1) is 13.4. The lowest BCUT2D eigenvalue weighted by atomic mass is 10.2. The van der Waals surface area contributed by atoms with E-state index in [4.69, 9.17) is 9.78 Å². The van der Waals surface area contributed by atoms with Crippen molar-refractivity contribution in [3.63, 3.8) is 0 Å². The van der Waals surface area contributed by atoms with Crippen LogP contribution < -0.4 is 0 Å². The van der Waals surface area contributed by atoms with Crippen LogP contribution in [0.25, 0.3) is 22.6 Å². The molecule has 5 heteroatoms. The van der Waals surface area contributed by atoms with Crippen LogP contribution >= 0.6 is 0 Å². The Balaban J connectivity index is 2.24. The second kappa shape index (κ2) is 5.06. The van der Waals surface area contributed by atoms with Crippen molar-refractivity contribution in [3.8, 4) is 17.7 Å². The van der Waals surface area contributed by atoms with E-state index in [1.165, 1.54) is 0 Å². The van der Waals surface area contributed by atoms with E-state index in [0.29, 0.717) is 17.2 Å². The van der Waals surface area contributed by atoms with Crippen molar-refractivity contribution in [2.75, 3.05) is 0 Å². The molecule has 3 rings (SSSR count). The Morgan fingerprint density at radius 3 is 2.76 bits per heavy atom. The number of aryl methyl sites for hydroxylation is 1. The maximum atomic E-state index is 9.03. The molecule has 0 aliphatic heterocycles. The molecule has 0 bridgehead atoms. The van der Waals surface area contributed by atoms with Gasteiger partial charge in [0, 0.05) is 12.6 Å². The van der Waals surface area contributed by atoms with Crippen LogP contribution in [0.15, 0.2) is 28.8 Å². The minimum Gasteiger partial charge on any atom is -0.353 e. The second-order valence-corrected chi connectivity index (χ2v) is 5.59. The third-order valence-corrected chi connectivity index (χ3v) is 3.27. The van der Waals surface area contributed by atoms with Crippen molar-refractivity contribution >= 4 is 11.0 Å². The fourth-order valence-corrected chi connectivity index (χ4v) is 2.41. The fourth-order valence-electron chi connectivity index (χ4n) is 2.41. The van der Waals surface area contributed by atoms with Gasteiger partial charge in [-0.1, -0.05) is 19.0 Å². The van der Waals surface area contributed by atoms with Crippen molar-refractivity contribution in [2.24, 2.45) is 5.92 Å². The zero-order valence-corrected chi connectivity index (χ0v) is 12.3. The van der Waals surface area contributed by atoms with Gasteiger partial charge in [0.25, 0.3) is 0 Å². The van der Waals surface area contributed by atoms with Gasteiger partial charge < -0.3 is 9.09 Å². The van der Waals surface area contributed by atoms with Gasteiger partial charge in [-0.3, -0.25) is 0 Å². The van der Waals surface area contributed by atoms with Crippen molar-refractivity contribution in [3.05, 3.63) is 35.5 Å². The Morgan fingerprint density at radius 1 is 1.33 bits per heavy atom. The average Bonchev–Trinajstić information content (AvgIpc) is 3.02. The molecule has 0 saturated carbocycles. The molecule has 106 valence electrons. The summed E-state index contributed by atoms with van der Waals surface area (Å²) in [6, 6.07) is 9.59. The monoisotopic (exact) mass is 280 g/mol. The molecule has 0 radical (unpaired) electrons. The van der Waals surface area contributed by atoms with E-state index in [9.17, 15) is 0 Å². The predicted octanol–water partition coefficient (Wildman–Crippen LogP) is 3.53. The molecule has 0 fully saturated rings. The molecular formula is C16H16N4O. The van der Waals surface area contributed by atoms with Crippen LogP contribution in [0.2, 0.25) is 0 Å². The molecule has 0 N–H and O–H groups in total. The number of hydrogen-bond donors (Lipinski definition) is 0. The third-order valence-electron chi connectivity index (χ3n) is 3.27. The van der Waals surface area contributed by atoms with Crippen molar-refractivity contribution in [1.82, 2.24) is 14.7 Å². The highest BCUT2D eigenvalue weighted by Gasteiger charge is 2.17. The van der Waals surface area contributed by atoms with Gasteiger partial charge in [-0.2, -0.15) is 5.26 Å². The number of nitrogens with zero attached hydrogens (tertiary/aromatic N) is 4. The number of imidazole rings is 1. The van der Waals surface area contributed by atoms with E-state index >= 15 is 0 Å². The zero-order valence-electron chi connectivity index (χ0n) is 12.3. The summed E-state index contributed by atoms with van der Waals surface area (Å²) >= 11 is 0. The lowest BCUT2D eigenvalue weighted by Crippen LogP contribution is -2.05. The quantitative estimate of drug-likeness (QED) is 0.736. The summed E-state index contributed by atoms with van der Waals surface area (Å²) in [6.07, 6.45) is 0. The van der Waals surface area contributed by atoms with E-state index < -0.39 is 0 Å². The number of aromatic nitrogens is 3. The molecule has 0 unspecified atom stereocenters. The number of hydrogen-bond acceptors (Lipinski definition) is 4. The minimum atomic E-state index is 0.473. The van der Waals surface area contributed by atoms with Gasteiger partial charge in [0.05, 0.1) is 28.4 Å². The van der Waals surface area contributed by atoms with Gasteiger partial charge in [0.15, 0.2) is 5.82 Å². The minimum absolute atomic E-state index is 0.473. The molecule has 5 nitrogen and oxygen atoms in total. The van der Waals surface area contributed by atoms with Crippen molar-refractivity contribution in [1.29, 1.82) is 5.26 Å². The van der Waals surface area contributed by atoms with Crippen molar-refractivity contribution in [2.45, 2.75) is 27.3 Å². The standard InChI is InChI=1S/C16H16N4O/c1-10(2)9-20-14-5-4-12(8-17)7-13(14)18-16(20)15-6-11(3)19-21-15/h4-7,10H,9H2,1-3H3. The smallest absolute Gasteiger partial charge is 0.202 e. The normalized spacial score (nSPS) is 11.2. The van der Waals surface area contributed by atoms with Gasteiger partial charge in [-0.15, -0.1) is 0 Å². The predicted molar refractivity (Wildman–Crippen MR) is 79.5 cm³/mol. The lowest BCUT2D eigenvalue weighted by Gasteiger charge is -2.10. The average molecular weight is 280 g/mol. The van der Waals surface area contributed by atoms with Gasteiger partial charge in [0.2, 0.25) is 5.76 Å².